The van der Waals surface area contributed by atoms with Gasteiger partial charge in [0.25, 0.3) is 5.91 Å². The minimum atomic E-state index is -0.0532. The van der Waals surface area contributed by atoms with Crippen LogP contribution in [0.1, 0.15) is 36.0 Å². The van der Waals surface area contributed by atoms with Crippen LogP contribution in [0, 0.1) is 0 Å². The van der Waals surface area contributed by atoms with E-state index in [9.17, 15) is 4.79 Å². The third kappa shape index (κ3) is 3.62. The standard InChI is InChI=1S/C14H17Cl2NO2/c15-11-7-10(8-12(16)9-11)14(19)17(5-2-6-18)13-3-1-4-13/h7-9,13,18H,1-6H2. The molecule has 0 bridgehead atoms. The van der Waals surface area contributed by atoms with Crippen molar-refractivity contribution in [1.29, 1.82) is 0 Å². The lowest BCUT2D eigenvalue weighted by molar-refractivity contribution is 0.0562. The number of carbonyl (C=O) groups is 1. The fourth-order valence-electron chi connectivity index (χ4n) is 2.23. The first kappa shape index (κ1) is 14.6. The van der Waals surface area contributed by atoms with Crippen LogP contribution in [0.3, 0.4) is 0 Å². The first-order valence-electron chi connectivity index (χ1n) is 6.49. The number of rotatable bonds is 5. The van der Waals surface area contributed by atoms with Gasteiger partial charge in [0.15, 0.2) is 0 Å². The van der Waals surface area contributed by atoms with E-state index in [0.29, 0.717) is 28.6 Å². The van der Waals surface area contributed by atoms with E-state index in [1.807, 2.05) is 4.90 Å². The molecule has 0 radical (unpaired) electrons. The lowest BCUT2D eigenvalue weighted by atomic mass is 9.90. The van der Waals surface area contributed by atoms with E-state index in [4.69, 9.17) is 28.3 Å². The van der Waals surface area contributed by atoms with Gasteiger partial charge >= 0.3 is 0 Å². The second-order valence-corrected chi connectivity index (χ2v) is 5.69. The maximum Gasteiger partial charge on any atom is 0.254 e. The maximum atomic E-state index is 12.5. The molecule has 5 heteroatoms. The van der Waals surface area contributed by atoms with E-state index in [1.54, 1.807) is 18.2 Å². The highest BCUT2D eigenvalue weighted by Gasteiger charge is 2.29. The van der Waals surface area contributed by atoms with Crippen molar-refractivity contribution in [2.75, 3.05) is 13.2 Å². The van der Waals surface area contributed by atoms with E-state index in [0.717, 1.165) is 19.3 Å². The number of carbonyl (C=O) groups excluding carboxylic acids is 1. The van der Waals surface area contributed by atoms with Crippen molar-refractivity contribution in [3.8, 4) is 0 Å². The summed E-state index contributed by atoms with van der Waals surface area (Å²) in [7, 11) is 0. The van der Waals surface area contributed by atoms with E-state index in [1.165, 1.54) is 0 Å². The molecule has 1 fully saturated rings. The number of aliphatic hydroxyl groups is 1. The summed E-state index contributed by atoms with van der Waals surface area (Å²) in [5.41, 5.74) is 0.516. The SMILES string of the molecule is O=C(c1cc(Cl)cc(Cl)c1)N(CCCO)C1CCC1. The first-order chi connectivity index (χ1) is 9.11. The molecule has 104 valence electrons. The molecule has 3 nitrogen and oxygen atoms in total. The van der Waals surface area contributed by atoms with Crippen molar-refractivity contribution in [2.45, 2.75) is 31.7 Å². The molecular weight excluding hydrogens is 285 g/mol. The summed E-state index contributed by atoms with van der Waals surface area (Å²) < 4.78 is 0. The highest BCUT2D eigenvalue weighted by atomic mass is 35.5. The third-order valence-electron chi connectivity index (χ3n) is 3.44. The molecule has 1 aliphatic rings. The molecule has 0 saturated heterocycles. The first-order valence-corrected chi connectivity index (χ1v) is 7.25. The zero-order chi connectivity index (χ0) is 13.8. The van der Waals surface area contributed by atoms with Crippen LogP contribution >= 0.6 is 23.2 Å². The van der Waals surface area contributed by atoms with Crippen LogP contribution in [0.15, 0.2) is 18.2 Å². The molecule has 1 aliphatic carbocycles. The van der Waals surface area contributed by atoms with Gasteiger partial charge in [0.05, 0.1) is 0 Å². The zero-order valence-electron chi connectivity index (χ0n) is 10.6. The highest BCUT2D eigenvalue weighted by Crippen LogP contribution is 2.28. The number of halogens is 2. The van der Waals surface area contributed by atoms with Gasteiger partial charge < -0.3 is 10.0 Å². The van der Waals surface area contributed by atoms with Crippen LogP contribution in [0.2, 0.25) is 10.0 Å². The Kier molecular flexibility index (Phi) is 5.08. The average molecular weight is 302 g/mol. The van der Waals surface area contributed by atoms with Crippen molar-refractivity contribution in [2.24, 2.45) is 0 Å². The van der Waals surface area contributed by atoms with Crippen LogP contribution < -0.4 is 0 Å². The van der Waals surface area contributed by atoms with E-state index >= 15 is 0 Å². The Morgan fingerprint density at radius 2 is 1.89 bits per heavy atom. The normalized spacial score (nSPS) is 15.1. The van der Waals surface area contributed by atoms with Crippen LogP contribution in [0.25, 0.3) is 0 Å². The molecule has 1 aromatic rings. The second-order valence-electron chi connectivity index (χ2n) is 4.82. The number of nitrogens with zero attached hydrogens (tertiary/aromatic N) is 1. The molecule has 1 saturated carbocycles. The number of hydrogen-bond donors (Lipinski definition) is 1. The summed E-state index contributed by atoms with van der Waals surface area (Å²) in [5.74, 6) is -0.0532. The molecule has 1 aromatic carbocycles. The fourth-order valence-corrected chi connectivity index (χ4v) is 2.76. The predicted octanol–water partition coefficient (Wildman–Crippen LogP) is 3.37. The topological polar surface area (TPSA) is 40.5 Å². The van der Waals surface area contributed by atoms with E-state index in [-0.39, 0.29) is 18.6 Å². The smallest absolute Gasteiger partial charge is 0.254 e. The zero-order valence-corrected chi connectivity index (χ0v) is 12.1. The molecular formula is C14H17Cl2NO2. The van der Waals surface area contributed by atoms with Gasteiger partial charge in [0.2, 0.25) is 0 Å². The molecule has 0 aliphatic heterocycles. The minimum absolute atomic E-state index is 0.0532. The van der Waals surface area contributed by atoms with Crippen LogP contribution in [0.4, 0.5) is 0 Å². The van der Waals surface area contributed by atoms with Gasteiger partial charge in [0, 0.05) is 34.8 Å². The summed E-state index contributed by atoms with van der Waals surface area (Å²) in [6.45, 7) is 0.664. The van der Waals surface area contributed by atoms with Crippen LogP contribution in [0.5, 0.6) is 0 Å². The predicted molar refractivity (Wildman–Crippen MR) is 76.8 cm³/mol. The molecule has 0 unspecified atom stereocenters. The Balaban J connectivity index is 2.17. The summed E-state index contributed by atoms with van der Waals surface area (Å²) in [4.78, 5) is 14.4. The van der Waals surface area contributed by atoms with Crippen molar-refractivity contribution < 1.29 is 9.90 Å². The minimum Gasteiger partial charge on any atom is -0.396 e. The highest BCUT2D eigenvalue weighted by molar-refractivity contribution is 6.35. The molecule has 1 amide bonds. The fraction of sp³-hybridized carbons (Fsp3) is 0.500. The van der Waals surface area contributed by atoms with E-state index < -0.39 is 0 Å². The van der Waals surface area contributed by atoms with Crippen molar-refractivity contribution in [3.63, 3.8) is 0 Å². The molecule has 1 N–H and O–H groups in total. The summed E-state index contributed by atoms with van der Waals surface area (Å²) >= 11 is 11.9. The largest absolute Gasteiger partial charge is 0.396 e. The second kappa shape index (κ2) is 6.60. The monoisotopic (exact) mass is 301 g/mol. The van der Waals surface area contributed by atoms with Gasteiger partial charge in [-0.3, -0.25) is 4.79 Å². The van der Waals surface area contributed by atoms with Crippen LogP contribution in [-0.2, 0) is 0 Å². The van der Waals surface area contributed by atoms with Gasteiger partial charge in [0.1, 0.15) is 0 Å². The Morgan fingerprint density at radius 1 is 1.26 bits per heavy atom. The maximum absolute atomic E-state index is 12.5. The number of hydrogen-bond acceptors (Lipinski definition) is 2. The Hall–Kier alpha value is -0.770. The van der Waals surface area contributed by atoms with Crippen molar-refractivity contribution in [3.05, 3.63) is 33.8 Å². The number of amides is 1. The molecule has 2 rings (SSSR count). The van der Waals surface area contributed by atoms with Gasteiger partial charge in [-0.1, -0.05) is 23.2 Å². The Labute approximate surface area is 123 Å². The summed E-state index contributed by atoms with van der Waals surface area (Å²) in [5, 5.41) is 9.88. The molecule has 0 heterocycles. The molecule has 19 heavy (non-hydrogen) atoms. The summed E-state index contributed by atoms with van der Waals surface area (Å²) in [6.07, 6.45) is 3.82. The number of aliphatic hydroxyl groups excluding tert-OH is 1. The average Bonchev–Trinajstić information content (AvgIpc) is 2.29. The molecule has 0 spiro atoms. The van der Waals surface area contributed by atoms with Gasteiger partial charge in [-0.2, -0.15) is 0 Å². The Bertz CT molecular complexity index is 441. The van der Waals surface area contributed by atoms with Gasteiger partial charge in [-0.25, -0.2) is 0 Å². The lowest BCUT2D eigenvalue weighted by Gasteiger charge is -2.37. The lowest BCUT2D eigenvalue weighted by Crippen LogP contribution is -2.45. The number of benzene rings is 1. The van der Waals surface area contributed by atoms with Crippen molar-refractivity contribution >= 4 is 29.1 Å². The Morgan fingerprint density at radius 3 is 2.37 bits per heavy atom. The van der Waals surface area contributed by atoms with Gasteiger partial charge in [-0.05, 0) is 43.9 Å². The molecule has 0 aromatic heterocycles. The van der Waals surface area contributed by atoms with Crippen molar-refractivity contribution in [1.82, 2.24) is 4.90 Å². The molecule has 0 atom stereocenters. The van der Waals surface area contributed by atoms with Gasteiger partial charge in [-0.15, -0.1) is 0 Å². The summed E-state index contributed by atoms with van der Waals surface area (Å²) in [6, 6.07) is 5.18. The van der Waals surface area contributed by atoms with Crippen LogP contribution in [-0.4, -0.2) is 35.1 Å². The quantitative estimate of drug-likeness (QED) is 0.906. The van der Waals surface area contributed by atoms with E-state index in [2.05, 4.69) is 0 Å². The third-order valence-corrected chi connectivity index (χ3v) is 3.88.